The Kier molecular flexibility index (Phi) is 5.60. The molecule has 0 aromatic carbocycles. The molecule has 1 fully saturated rings. The minimum atomic E-state index is -0.878. The normalized spacial score (nSPS) is 25.3. The van der Waals surface area contributed by atoms with Gasteiger partial charge >= 0.3 is 0 Å². The number of alkyl halides is 1. The SMILES string of the molecule is Cc1nc(CN2C[C@@H](F)C[C@H]2CNC(=O)C2=CCCCCC2)no1. The highest BCUT2D eigenvalue weighted by molar-refractivity contribution is 5.93. The van der Waals surface area contributed by atoms with Crippen LogP contribution in [0.2, 0.25) is 0 Å². The summed E-state index contributed by atoms with van der Waals surface area (Å²) in [5.74, 6) is 1.06. The number of rotatable bonds is 5. The maximum atomic E-state index is 13.8. The molecule has 6 nitrogen and oxygen atoms in total. The predicted octanol–water partition coefficient (Wildman–Crippen LogP) is 2.30. The van der Waals surface area contributed by atoms with Gasteiger partial charge in [0.25, 0.3) is 0 Å². The van der Waals surface area contributed by atoms with Crippen LogP contribution < -0.4 is 5.32 Å². The molecule has 1 aromatic heterocycles. The molecule has 0 saturated carbocycles. The molecule has 0 unspecified atom stereocenters. The maximum Gasteiger partial charge on any atom is 0.246 e. The van der Waals surface area contributed by atoms with Gasteiger partial charge in [-0.1, -0.05) is 17.7 Å². The monoisotopic (exact) mass is 336 g/mol. The largest absolute Gasteiger partial charge is 0.351 e. The number of hydrogen-bond acceptors (Lipinski definition) is 5. The molecular weight excluding hydrogens is 311 g/mol. The van der Waals surface area contributed by atoms with Crippen molar-refractivity contribution in [3.8, 4) is 0 Å². The van der Waals surface area contributed by atoms with E-state index in [4.69, 9.17) is 4.52 Å². The van der Waals surface area contributed by atoms with Crippen LogP contribution in [-0.4, -0.2) is 46.3 Å². The van der Waals surface area contributed by atoms with Crippen LogP contribution >= 0.6 is 0 Å². The van der Waals surface area contributed by atoms with E-state index in [1.165, 1.54) is 6.42 Å². The van der Waals surface area contributed by atoms with Crippen molar-refractivity contribution in [2.24, 2.45) is 0 Å². The van der Waals surface area contributed by atoms with Crippen molar-refractivity contribution >= 4 is 5.91 Å². The minimum Gasteiger partial charge on any atom is -0.351 e. The number of allylic oxidation sites excluding steroid dienone is 1. The van der Waals surface area contributed by atoms with Crippen LogP contribution in [0.1, 0.15) is 50.2 Å². The van der Waals surface area contributed by atoms with Crippen LogP contribution in [0.4, 0.5) is 4.39 Å². The van der Waals surface area contributed by atoms with Gasteiger partial charge in [0, 0.05) is 31.6 Å². The van der Waals surface area contributed by atoms with E-state index in [9.17, 15) is 9.18 Å². The van der Waals surface area contributed by atoms with Crippen molar-refractivity contribution in [1.29, 1.82) is 0 Å². The second-order valence-corrected chi connectivity index (χ2v) is 6.68. The zero-order valence-corrected chi connectivity index (χ0v) is 14.1. The summed E-state index contributed by atoms with van der Waals surface area (Å²) in [6.45, 7) is 2.97. The van der Waals surface area contributed by atoms with Crippen molar-refractivity contribution < 1.29 is 13.7 Å². The second kappa shape index (κ2) is 7.88. The van der Waals surface area contributed by atoms with Crippen molar-refractivity contribution in [3.63, 3.8) is 0 Å². The van der Waals surface area contributed by atoms with Crippen molar-refractivity contribution in [2.75, 3.05) is 13.1 Å². The second-order valence-electron chi connectivity index (χ2n) is 6.68. The Morgan fingerprint density at radius 3 is 3.12 bits per heavy atom. The summed E-state index contributed by atoms with van der Waals surface area (Å²) < 4.78 is 18.8. The molecule has 1 aromatic rings. The molecule has 1 N–H and O–H groups in total. The number of carbonyl (C=O) groups is 1. The summed E-state index contributed by atoms with van der Waals surface area (Å²) in [6.07, 6.45) is 6.81. The van der Waals surface area contributed by atoms with E-state index in [-0.39, 0.29) is 11.9 Å². The highest BCUT2D eigenvalue weighted by Gasteiger charge is 2.33. The van der Waals surface area contributed by atoms with Gasteiger partial charge in [0.2, 0.25) is 11.8 Å². The molecule has 2 atom stereocenters. The molecule has 0 bridgehead atoms. The maximum absolute atomic E-state index is 13.8. The number of nitrogens with zero attached hydrogens (tertiary/aromatic N) is 3. The minimum absolute atomic E-state index is 0.00503. The molecule has 7 heteroatoms. The summed E-state index contributed by atoms with van der Waals surface area (Å²) in [5, 5.41) is 6.85. The molecule has 132 valence electrons. The lowest BCUT2D eigenvalue weighted by Crippen LogP contribution is -2.40. The third-order valence-corrected chi connectivity index (χ3v) is 4.72. The first-order valence-electron chi connectivity index (χ1n) is 8.76. The highest BCUT2D eigenvalue weighted by atomic mass is 19.1. The summed E-state index contributed by atoms with van der Waals surface area (Å²) in [7, 11) is 0. The predicted molar refractivity (Wildman–Crippen MR) is 86.9 cm³/mol. The van der Waals surface area contributed by atoms with E-state index in [0.29, 0.717) is 37.8 Å². The molecule has 0 spiro atoms. The fraction of sp³-hybridized carbons (Fsp3) is 0.706. The molecular formula is C17H25FN4O2. The zero-order chi connectivity index (χ0) is 16.9. The van der Waals surface area contributed by atoms with Gasteiger partial charge in [-0.05, 0) is 32.1 Å². The lowest BCUT2D eigenvalue weighted by atomic mass is 10.1. The molecule has 3 rings (SSSR count). The first kappa shape index (κ1) is 17.1. The van der Waals surface area contributed by atoms with E-state index >= 15 is 0 Å². The number of likely N-dealkylation sites (tertiary alicyclic amines) is 1. The average Bonchev–Trinajstić information content (AvgIpc) is 2.99. The van der Waals surface area contributed by atoms with Crippen LogP contribution in [0.25, 0.3) is 0 Å². The van der Waals surface area contributed by atoms with Gasteiger partial charge in [0.1, 0.15) is 6.17 Å². The summed E-state index contributed by atoms with van der Waals surface area (Å²) in [5.41, 5.74) is 0.877. The van der Waals surface area contributed by atoms with Crippen LogP contribution in [0.3, 0.4) is 0 Å². The number of hydrogen-bond donors (Lipinski definition) is 1. The van der Waals surface area contributed by atoms with Gasteiger partial charge in [-0.15, -0.1) is 0 Å². The zero-order valence-electron chi connectivity index (χ0n) is 14.1. The lowest BCUT2D eigenvalue weighted by Gasteiger charge is -2.23. The van der Waals surface area contributed by atoms with Gasteiger partial charge in [0.15, 0.2) is 5.82 Å². The van der Waals surface area contributed by atoms with Gasteiger partial charge in [-0.2, -0.15) is 4.98 Å². The summed E-state index contributed by atoms with van der Waals surface area (Å²) >= 11 is 0. The van der Waals surface area contributed by atoms with Gasteiger partial charge in [0.05, 0.1) is 6.54 Å². The Morgan fingerprint density at radius 1 is 1.46 bits per heavy atom. The number of nitrogens with one attached hydrogen (secondary N) is 1. The van der Waals surface area contributed by atoms with Gasteiger partial charge in [-0.25, -0.2) is 4.39 Å². The van der Waals surface area contributed by atoms with E-state index < -0.39 is 6.17 Å². The summed E-state index contributed by atoms with van der Waals surface area (Å²) in [4.78, 5) is 18.5. The molecule has 2 aliphatic rings. The fourth-order valence-corrected chi connectivity index (χ4v) is 3.46. The molecule has 1 aliphatic carbocycles. The first-order chi connectivity index (χ1) is 11.6. The number of halogens is 1. The summed E-state index contributed by atoms with van der Waals surface area (Å²) in [6, 6.07) is -0.0332. The van der Waals surface area contributed by atoms with Crippen LogP contribution in [0.5, 0.6) is 0 Å². The lowest BCUT2D eigenvalue weighted by molar-refractivity contribution is -0.117. The van der Waals surface area contributed by atoms with Gasteiger partial charge in [-0.3, -0.25) is 9.69 Å². The molecule has 1 saturated heterocycles. The fourth-order valence-electron chi connectivity index (χ4n) is 3.46. The molecule has 0 radical (unpaired) electrons. The number of aromatic nitrogens is 2. The van der Waals surface area contributed by atoms with E-state index in [2.05, 4.69) is 21.5 Å². The Morgan fingerprint density at radius 2 is 2.33 bits per heavy atom. The standard InChI is InChI=1S/C17H25FN4O2/c1-12-20-16(21-24-12)11-22-10-14(18)8-15(22)9-19-17(23)13-6-4-2-3-5-7-13/h6,14-15H,2-5,7-11H2,1H3,(H,19,23)/t14-,15-/m0/s1. The Bertz CT molecular complexity index is 601. The van der Waals surface area contributed by atoms with Crippen LogP contribution in [0.15, 0.2) is 16.2 Å². The smallest absolute Gasteiger partial charge is 0.246 e. The van der Waals surface area contributed by atoms with Crippen molar-refractivity contribution in [2.45, 2.75) is 64.2 Å². The Balaban J connectivity index is 1.54. The van der Waals surface area contributed by atoms with E-state index in [1.807, 2.05) is 4.90 Å². The molecule has 1 aliphatic heterocycles. The third kappa shape index (κ3) is 4.41. The number of amides is 1. The van der Waals surface area contributed by atoms with Crippen LogP contribution in [0, 0.1) is 6.92 Å². The quantitative estimate of drug-likeness (QED) is 0.893. The number of carbonyl (C=O) groups excluding carboxylic acids is 1. The molecule has 24 heavy (non-hydrogen) atoms. The number of aryl methyl sites for hydroxylation is 1. The topological polar surface area (TPSA) is 71.3 Å². The van der Waals surface area contributed by atoms with Gasteiger partial charge < -0.3 is 9.84 Å². The Labute approximate surface area is 141 Å². The third-order valence-electron chi connectivity index (χ3n) is 4.72. The van der Waals surface area contributed by atoms with E-state index in [1.54, 1.807) is 6.92 Å². The highest BCUT2D eigenvalue weighted by Crippen LogP contribution is 2.22. The average molecular weight is 336 g/mol. The first-order valence-corrected chi connectivity index (χ1v) is 8.76. The molecule has 1 amide bonds. The van der Waals surface area contributed by atoms with Crippen LogP contribution in [-0.2, 0) is 11.3 Å². The van der Waals surface area contributed by atoms with Crippen molar-refractivity contribution in [3.05, 3.63) is 23.4 Å². The van der Waals surface area contributed by atoms with Crippen molar-refractivity contribution in [1.82, 2.24) is 20.4 Å². The van der Waals surface area contributed by atoms with E-state index in [0.717, 1.165) is 31.3 Å². The molecule has 2 heterocycles. The Hall–Kier alpha value is -1.76.